The van der Waals surface area contributed by atoms with Crippen molar-refractivity contribution in [2.75, 3.05) is 0 Å². The highest BCUT2D eigenvalue weighted by Gasteiger charge is 2.11. The molecule has 1 heterocycles. The van der Waals surface area contributed by atoms with Gasteiger partial charge in [-0.15, -0.1) is 0 Å². The van der Waals surface area contributed by atoms with Gasteiger partial charge in [-0.05, 0) is 29.8 Å². The largest absolute Gasteiger partial charge is 0.223 e. The lowest BCUT2D eigenvalue weighted by atomic mass is 10.1. The molecule has 0 spiro atoms. The van der Waals surface area contributed by atoms with Crippen LogP contribution in [0.4, 0.5) is 13.2 Å². The first-order chi connectivity index (χ1) is 7.58. The molecule has 0 fully saturated rings. The Morgan fingerprint density at radius 1 is 1.00 bits per heavy atom. The zero-order valence-corrected chi connectivity index (χ0v) is 8.47. The van der Waals surface area contributed by atoms with Crippen LogP contribution >= 0.6 is 11.6 Å². The summed E-state index contributed by atoms with van der Waals surface area (Å²) in [4.78, 5) is 7.02. The summed E-state index contributed by atoms with van der Waals surface area (Å²) in [7, 11) is 0. The van der Waals surface area contributed by atoms with E-state index in [-0.39, 0.29) is 16.5 Å². The zero-order chi connectivity index (χ0) is 11.7. The van der Waals surface area contributed by atoms with Crippen molar-refractivity contribution in [3.05, 3.63) is 47.1 Å². The van der Waals surface area contributed by atoms with Crippen LogP contribution in [0.1, 0.15) is 0 Å². The van der Waals surface area contributed by atoms with E-state index < -0.39 is 17.5 Å². The lowest BCUT2D eigenvalue weighted by molar-refractivity contribution is 0.509. The molecule has 16 heavy (non-hydrogen) atoms. The number of aromatic nitrogens is 2. The van der Waals surface area contributed by atoms with Crippen molar-refractivity contribution < 1.29 is 13.2 Å². The summed E-state index contributed by atoms with van der Waals surface area (Å²) in [6.45, 7) is 0. The van der Waals surface area contributed by atoms with E-state index in [0.29, 0.717) is 0 Å². The van der Waals surface area contributed by atoms with Crippen molar-refractivity contribution in [1.82, 2.24) is 9.97 Å². The number of benzene rings is 1. The molecular weight excluding hydrogens is 241 g/mol. The summed E-state index contributed by atoms with van der Waals surface area (Å²) >= 11 is 5.48. The Hall–Kier alpha value is -1.62. The van der Waals surface area contributed by atoms with Gasteiger partial charge in [0.1, 0.15) is 5.69 Å². The molecule has 0 aliphatic rings. The van der Waals surface area contributed by atoms with Crippen molar-refractivity contribution >= 4 is 11.6 Å². The minimum absolute atomic E-state index is 0.0979. The van der Waals surface area contributed by atoms with Gasteiger partial charge in [-0.1, -0.05) is 0 Å². The van der Waals surface area contributed by atoms with E-state index in [1.165, 1.54) is 6.07 Å². The summed E-state index contributed by atoms with van der Waals surface area (Å²) in [6.07, 6.45) is 0.867. The molecule has 2 rings (SSSR count). The SMILES string of the molecule is Fc1ccc(-c2nc(Cl)ncc2F)cc1F. The molecule has 0 unspecified atom stereocenters. The van der Waals surface area contributed by atoms with Gasteiger partial charge in [0.05, 0.1) is 6.20 Å². The molecule has 0 aliphatic heterocycles. The third kappa shape index (κ3) is 1.99. The quantitative estimate of drug-likeness (QED) is 0.720. The number of rotatable bonds is 1. The molecule has 0 aliphatic carbocycles. The normalized spacial score (nSPS) is 10.5. The van der Waals surface area contributed by atoms with Gasteiger partial charge in [0, 0.05) is 5.56 Å². The van der Waals surface area contributed by atoms with Crippen molar-refractivity contribution in [3.8, 4) is 11.3 Å². The summed E-state index contributed by atoms with van der Waals surface area (Å²) in [5.41, 5.74) is -0.0698. The van der Waals surface area contributed by atoms with Gasteiger partial charge in [-0.25, -0.2) is 23.1 Å². The maximum absolute atomic E-state index is 13.3. The second-order valence-electron chi connectivity index (χ2n) is 2.96. The predicted octanol–water partition coefficient (Wildman–Crippen LogP) is 3.21. The van der Waals surface area contributed by atoms with Crippen LogP contribution in [0.2, 0.25) is 5.28 Å². The topological polar surface area (TPSA) is 25.8 Å². The van der Waals surface area contributed by atoms with Crippen LogP contribution in [0.15, 0.2) is 24.4 Å². The van der Waals surface area contributed by atoms with Gasteiger partial charge in [0.2, 0.25) is 5.28 Å². The fraction of sp³-hybridized carbons (Fsp3) is 0. The maximum atomic E-state index is 13.3. The molecule has 2 aromatic rings. The number of nitrogens with zero attached hydrogens (tertiary/aromatic N) is 2. The Morgan fingerprint density at radius 2 is 1.75 bits per heavy atom. The van der Waals surface area contributed by atoms with E-state index in [0.717, 1.165) is 18.3 Å². The molecule has 6 heteroatoms. The van der Waals surface area contributed by atoms with E-state index in [9.17, 15) is 13.2 Å². The molecule has 0 radical (unpaired) electrons. The smallest absolute Gasteiger partial charge is 0.223 e. The average molecular weight is 245 g/mol. The Labute approximate surface area is 93.7 Å². The predicted molar refractivity (Wildman–Crippen MR) is 52.4 cm³/mol. The van der Waals surface area contributed by atoms with Gasteiger partial charge in [-0.2, -0.15) is 0 Å². The average Bonchev–Trinajstić information content (AvgIpc) is 2.26. The molecule has 0 N–H and O–H groups in total. The highest BCUT2D eigenvalue weighted by atomic mass is 35.5. The van der Waals surface area contributed by atoms with Gasteiger partial charge in [0.25, 0.3) is 0 Å². The Balaban J connectivity index is 2.58. The minimum atomic E-state index is -1.08. The van der Waals surface area contributed by atoms with E-state index in [1.54, 1.807) is 0 Å². The molecule has 1 aromatic carbocycles. The fourth-order valence-electron chi connectivity index (χ4n) is 1.19. The van der Waals surface area contributed by atoms with E-state index in [4.69, 9.17) is 11.6 Å². The highest BCUT2D eigenvalue weighted by Crippen LogP contribution is 2.22. The molecule has 0 saturated heterocycles. The van der Waals surface area contributed by atoms with Crippen molar-refractivity contribution in [2.24, 2.45) is 0 Å². The van der Waals surface area contributed by atoms with Crippen LogP contribution in [-0.4, -0.2) is 9.97 Å². The number of hydrogen-bond donors (Lipinski definition) is 0. The zero-order valence-electron chi connectivity index (χ0n) is 7.72. The van der Waals surface area contributed by atoms with E-state index in [1.807, 2.05) is 0 Å². The van der Waals surface area contributed by atoms with Crippen LogP contribution in [0, 0.1) is 17.5 Å². The lowest BCUT2D eigenvalue weighted by Crippen LogP contribution is -1.94. The minimum Gasteiger partial charge on any atom is -0.223 e. The highest BCUT2D eigenvalue weighted by molar-refractivity contribution is 6.28. The third-order valence-electron chi connectivity index (χ3n) is 1.91. The monoisotopic (exact) mass is 244 g/mol. The van der Waals surface area contributed by atoms with Gasteiger partial charge >= 0.3 is 0 Å². The fourth-order valence-corrected chi connectivity index (χ4v) is 1.32. The molecule has 0 amide bonds. The van der Waals surface area contributed by atoms with Crippen LogP contribution in [0.25, 0.3) is 11.3 Å². The Kier molecular flexibility index (Phi) is 2.78. The van der Waals surface area contributed by atoms with Crippen LogP contribution in [-0.2, 0) is 0 Å². The van der Waals surface area contributed by atoms with Crippen molar-refractivity contribution in [2.45, 2.75) is 0 Å². The Bertz CT molecular complexity index is 546. The van der Waals surface area contributed by atoms with E-state index >= 15 is 0 Å². The molecule has 2 nitrogen and oxygen atoms in total. The molecular formula is C10H4ClF3N2. The summed E-state index contributed by atoms with van der Waals surface area (Å²) in [5.74, 6) is -2.84. The van der Waals surface area contributed by atoms with Crippen molar-refractivity contribution in [3.63, 3.8) is 0 Å². The Morgan fingerprint density at radius 3 is 2.44 bits per heavy atom. The molecule has 1 aromatic heterocycles. The second kappa shape index (κ2) is 4.09. The molecule has 0 saturated carbocycles. The number of halogens is 4. The standard InChI is InChI=1S/C10H4ClF3N2/c11-10-15-4-8(14)9(16-10)5-1-2-6(12)7(13)3-5/h1-4H. The molecule has 0 atom stereocenters. The first-order valence-corrected chi connectivity index (χ1v) is 4.59. The first kappa shape index (κ1) is 10.9. The molecule has 82 valence electrons. The van der Waals surface area contributed by atoms with Crippen molar-refractivity contribution in [1.29, 1.82) is 0 Å². The van der Waals surface area contributed by atoms with Crippen LogP contribution in [0.3, 0.4) is 0 Å². The number of hydrogen-bond acceptors (Lipinski definition) is 2. The lowest BCUT2D eigenvalue weighted by Gasteiger charge is -2.02. The van der Waals surface area contributed by atoms with E-state index in [2.05, 4.69) is 9.97 Å². The third-order valence-corrected chi connectivity index (χ3v) is 2.09. The maximum Gasteiger partial charge on any atom is 0.223 e. The van der Waals surface area contributed by atoms with Crippen LogP contribution in [0.5, 0.6) is 0 Å². The summed E-state index contributed by atoms with van der Waals surface area (Å²) in [5, 5.41) is -0.166. The first-order valence-electron chi connectivity index (χ1n) is 4.21. The van der Waals surface area contributed by atoms with Crippen LogP contribution < -0.4 is 0 Å². The summed E-state index contributed by atoms with van der Waals surface area (Å²) in [6, 6.07) is 2.94. The second-order valence-corrected chi connectivity index (χ2v) is 3.30. The van der Waals surface area contributed by atoms with Gasteiger partial charge < -0.3 is 0 Å². The summed E-state index contributed by atoms with van der Waals surface area (Å²) < 4.78 is 38.9. The molecule has 0 bridgehead atoms. The van der Waals surface area contributed by atoms with Gasteiger partial charge in [-0.3, -0.25) is 0 Å². The van der Waals surface area contributed by atoms with Gasteiger partial charge in [0.15, 0.2) is 17.5 Å².